The zero-order chi connectivity index (χ0) is 18.8. The fraction of sp³-hybridized carbons (Fsp3) is 0.238. The van der Waals surface area contributed by atoms with Crippen LogP contribution in [0.25, 0.3) is 10.9 Å². The van der Waals surface area contributed by atoms with Crippen LogP contribution in [0.15, 0.2) is 53.8 Å². The molecule has 1 aromatic carbocycles. The van der Waals surface area contributed by atoms with Gasteiger partial charge in [-0.1, -0.05) is 12.1 Å². The van der Waals surface area contributed by atoms with Crippen LogP contribution in [0.1, 0.15) is 29.2 Å². The Morgan fingerprint density at radius 1 is 1.30 bits per heavy atom. The molecule has 0 unspecified atom stereocenters. The first-order valence-corrected chi connectivity index (χ1v) is 8.85. The van der Waals surface area contributed by atoms with Gasteiger partial charge in [0, 0.05) is 35.2 Å². The number of carbonyl (C=O) groups excluding carboxylic acids is 1. The van der Waals surface area contributed by atoms with Crippen molar-refractivity contribution < 1.29 is 9.53 Å². The van der Waals surface area contributed by atoms with Gasteiger partial charge in [0.1, 0.15) is 0 Å². The van der Waals surface area contributed by atoms with Crippen molar-refractivity contribution in [3.8, 4) is 5.88 Å². The standard InChI is InChI=1S/C21H20N4O2/c1-13-9-14(10-15-5-4-8-22-20(13)15)12-23-25-21(26)17-11-16(17)18-6-3-7-19(24-18)27-2/h3-10,12,16-17H,11H2,1-2H3,(H,25,26)/b23-12+/t16-,17-/m1/s1. The lowest BCUT2D eigenvalue weighted by molar-refractivity contribution is -0.122. The lowest BCUT2D eigenvalue weighted by Gasteiger charge is -2.04. The summed E-state index contributed by atoms with van der Waals surface area (Å²) in [4.78, 5) is 21.1. The average molecular weight is 360 g/mol. The van der Waals surface area contributed by atoms with E-state index >= 15 is 0 Å². The summed E-state index contributed by atoms with van der Waals surface area (Å²) in [5.74, 6) is 0.520. The Kier molecular flexibility index (Phi) is 4.54. The third kappa shape index (κ3) is 3.65. The first-order valence-electron chi connectivity index (χ1n) is 8.85. The van der Waals surface area contributed by atoms with Crippen LogP contribution >= 0.6 is 0 Å². The van der Waals surface area contributed by atoms with E-state index in [2.05, 4.69) is 20.5 Å². The number of rotatable bonds is 5. The second-order valence-corrected chi connectivity index (χ2v) is 6.70. The number of fused-ring (bicyclic) bond motifs is 1. The summed E-state index contributed by atoms with van der Waals surface area (Å²) in [6, 6.07) is 13.5. The molecule has 0 spiro atoms. The molecule has 3 aromatic rings. The number of aryl methyl sites for hydroxylation is 1. The van der Waals surface area contributed by atoms with Gasteiger partial charge in [-0.2, -0.15) is 5.10 Å². The molecule has 27 heavy (non-hydrogen) atoms. The van der Waals surface area contributed by atoms with Crippen LogP contribution in [0.2, 0.25) is 0 Å². The third-order valence-corrected chi connectivity index (χ3v) is 4.77. The zero-order valence-electron chi connectivity index (χ0n) is 15.2. The maximum atomic E-state index is 12.3. The van der Waals surface area contributed by atoms with Gasteiger partial charge in [0.05, 0.1) is 18.8 Å². The lowest BCUT2D eigenvalue weighted by Crippen LogP contribution is -2.20. The molecule has 1 saturated carbocycles. The smallest absolute Gasteiger partial charge is 0.243 e. The van der Waals surface area contributed by atoms with Gasteiger partial charge < -0.3 is 4.74 Å². The van der Waals surface area contributed by atoms with E-state index in [1.165, 1.54) is 0 Å². The predicted molar refractivity (Wildman–Crippen MR) is 104 cm³/mol. The van der Waals surface area contributed by atoms with E-state index in [4.69, 9.17) is 4.74 Å². The van der Waals surface area contributed by atoms with Crippen molar-refractivity contribution in [2.45, 2.75) is 19.3 Å². The lowest BCUT2D eigenvalue weighted by atomic mass is 10.1. The summed E-state index contributed by atoms with van der Waals surface area (Å²) < 4.78 is 5.14. The molecule has 0 saturated heterocycles. The average Bonchev–Trinajstić information content (AvgIpc) is 3.49. The largest absolute Gasteiger partial charge is 0.481 e. The van der Waals surface area contributed by atoms with Crippen molar-refractivity contribution >= 4 is 23.0 Å². The molecule has 1 amide bonds. The number of carbonyl (C=O) groups is 1. The van der Waals surface area contributed by atoms with Crippen LogP contribution in [-0.4, -0.2) is 29.2 Å². The first-order chi connectivity index (χ1) is 13.2. The van der Waals surface area contributed by atoms with Crippen molar-refractivity contribution in [2.75, 3.05) is 7.11 Å². The number of hydrogen-bond acceptors (Lipinski definition) is 5. The Morgan fingerprint density at radius 3 is 3.04 bits per heavy atom. The summed E-state index contributed by atoms with van der Waals surface area (Å²) in [7, 11) is 1.59. The highest BCUT2D eigenvalue weighted by Gasteiger charge is 2.45. The summed E-state index contributed by atoms with van der Waals surface area (Å²) in [6.07, 6.45) is 4.23. The summed E-state index contributed by atoms with van der Waals surface area (Å²) in [5, 5.41) is 5.17. The first kappa shape index (κ1) is 17.1. The van der Waals surface area contributed by atoms with Gasteiger partial charge in [-0.05, 0) is 48.7 Å². The van der Waals surface area contributed by atoms with Crippen LogP contribution in [0.4, 0.5) is 0 Å². The maximum absolute atomic E-state index is 12.3. The zero-order valence-corrected chi connectivity index (χ0v) is 15.2. The Hall–Kier alpha value is -3.28. The number of aromatic nitrogens is 2. The summed E-state index contributed by atoms with van der Waals surface area (Å²) >= 11 is 0. The monoisotopic (exact) mass is 360 g/mol. The van der Waals surface area contributed by atoms with Gasteiger partial charge in [-0.25, -0.2) is 10.4 Å². The fourth-order valence-corrected chi connectivity index (χ4v) is 3.29. The highest BCUT2D eigenvalue weighted by molar-refractivity contribution is 5.91. The molecular formula is C21H20N4O2. The minimum Gasteiger partial charge on any atom is -0.481 e. The second kappa shape index (κ2) is 7.15. The van der Waals surface area contributed by atoms with Gasteiger partial charge in [0.15, 0.2) is 0 Å². The van der Waals surface area contributed by atoms with E-state index in [-0.39, 0.29) is 17.7 Å². The topological polar surface area (TPSA) is 76.5 Å². The van der Waals surface area contributed by atoms with E-state index in [0.717, 1.165) is 34.1 Å². The summed E-state index contributed by atoms with van der Waals surface area (Å²) in [6.45, 7) is 2.02. The van der Waals surface area contributed by atoms with Crippen molar-refractivity contribution in [3.63, 3.8) is 0 Å². The Morgan fingerprint density at radius 2 is 2.19 bits per heavy atom. The van der Waals surface area contributed by atoms with Crippen molar-refractivity contribution in [1.82, 2.24) is 15.4 Å². The number of nitrogens with zero attached hydrogens (tertiary/aromatic N) is 3. The van der Waals surface area contributed by atoms with E-state index in [9.17, 15) is 4.79 Å². The normalized spacial score (nSPS) is 18.6. The molecule has 0 radical (unpaired) electrons. The number of benzene rings is 1. The molecule has 0 bridgehead atoms. The van der Waals surface area contributed by atoms with E-state index in [0.29, 0.717) is 5.88 Å². The highest BCUT2D eigenvalue weighted by Crippen LogP contribution is 2.47. The van der Waals surface area contributed by atoms with Crippen molar-refractivity contribution in [2.24, 2.45) is 11.0 Å². The number of hydrogen-bond donors (Lipinski definition) is 1. The summed E-state index contributed by atoms with van der Waals surface area (Å²) in [5.41, 5.74) is 6.51. The molecule has 2 heterocycles. The number of pyridine rings is 2. The number of amides is 1. The van der Waals surface area contributed by atoms with Gasteiger partial charge in [0.25, 0.3) is 0 Å². The van der Waals surface area contributed by atoms with Crippen molar-refractivity contribution in [3.05, 3.63) is 65.5 Å². The molecule has 4 rings (SSSR count). The van der Waals surface area contributed by atoms with Gasteiger partial charge >= 0.3 is 0 Å². The Labute approximate surface area is 157 Å². The SMILES string of the molecule is COc1cccc([C@@H]2C[C@H]2C(=O)N/N=C/c2cc(C)c3ncccc3c2)n1. The minimum atomic E-state index is -0.0932. The van der Waals surface area contributed by atoms with E-state index < -0.39 is 0 Å². The number of ether oxygens (including phenoxy) is 1. The second-order valence-electron chi connectivity index (χ2n) is 6.70. The molecule has 2 atom stereocenters. The molecule has 1 aliphatic rings. The molecule has 2 aromatic heterocycles. The third-order valence-electron chi connectivity index (χ3n) is 4.77. The highest BCUT2D eigenvalue weighted by atomic mass is 16.5. The molecule has 1 N–H and O–H groups in total. The number of nitrogens with one attached hydrogen (secondary N) is 1. The Balaban J connectivity index is 1.40. The molecule has 136 valence electrons. The molecule has 6 heteroatoms. The van der Waals surface area contributed by atoms with Crippen molar-refractivity contribution in [1.29, 1.82) is 0 Å². The van der Waals surface area contributed by atoms with Gasteiger partial charge in [0.2, 0.25) is 11.8 Å². The molecule has 6 nitrogen and oxygen atoms in total. The van der Waals surface area contributed by atoms with E-state index in [1.807, 2.05) is 43.3 Å². The molecule has 1 fully saturated rings. The van der Waals surface area contributed by atoms with Crippen LogP contribution in [-0.2, 0) is 4.79 Å². The van der Waals surface area contributed by atoms with E-state index in [1.54, 1.807) is 25.6 Å². The molecule has 0 aliphatic heterocycles. The van der Waals surface area contributed by atoms with Gasteiger partial charge in [-0.15, -0.1) is 0 Å². The maximum Gasteiger partial charge on any atom is 0.243 e. The molecular weight excluding hydrogens is 340 g/mol. The number of hydrazone groups is 1. The molecule has 1 aliphatic carbocycles. The van der Waals surface area contributed by atoms with Crippen LogP contribution < -0.4 is 10.2 Å². The predicted octanol–water partition coefficient (Wildman–Crippen LogP) is 3.20. The Bertz CT molecular complexity index is 1030. The van der Waals surface area contributed by atoms with Crippen LogP contribution in [0.3, 0.4) is 0 Å². The van der Waals surface area contributed by atoms with Crippen LogP contribution in [0.5, 0.6) is 5.88 Å². The number of methoxy groups -OCH3 is 1. The minimum absolute atomic E-state index is 0.0833. The quantitative estimate of drug-likeness (QED) is 0.560. The van der Waals surface area contributed by atoms with Crippen LogP contribution in [0, 0.1) is 12.8 Å². The fourth-order valence-electron chi connectivity index (χ4n) is 3.29. The van der Waals surface area contributed by atoms with Gasteiger partial charge in [-0.3, -0.25) is 9.78 Å².